The molecular weight excluding hydrogens is 281 g/mol. The molecule has 1 aromatic carbocycles. The Hall–Kier alpha value is -1.46. The number of rotatable bonds is 5. The topological polar surface area (TPSA) is 44.4 Å². The summed E-state index contributed by atoms with van der Waals surface area (Å²) in [6.07, 6.45) is 2.27. The van der Waals surface area contributed by atoms with Gasteiger partial charge in [-0.3, -0.25) is 9.69 Å². The molecule has 1 fully saturated rings. The highest BCUT2D eigenvalue weighted by Gasteiger charge is 2.27. The smallest absolute Gasteiger partial charge is 0.237 e. The lowest BCUT2D eigenvalue weighted by molar-refractivity contribution is -0.127. The van der Waals surface area contributed by atoms with E-state index >= 15 is 0 Å². The number of hydrogen-bond donors (Lipinski definition) is 2. The van der Waals surface area contributed by atoms with Crippen LogP contribution in [0.2, 0.25) is 0 Å². The first-order valence-electron chi connectivity index (χ1n) is 7.98. The molecule has 1 amide bonds. The maximum atomic E-state index is 13.0. The average molecular weight is 307 g/mol. The van der Waals surface area contributed by atoms with Crippen LogP contribution in [0.3, 0.4) is 0 Å². The molecule has 0 saturated carbocycles. The molecule has 1 saturated heterocycles. The van der Waals surface area contributed by atoms with Crippen LogP contribution in [0.1, 0.15) is 38.3 Å². The molecule has 1 aromatic rings. The van der Waals surface area contributed by atoms with Gasteiger partial charge in [0.1, 0.15) is 5.82 Å². The molecule has 2 rings (SSSR count). The van der Waals surface area contributed by atoms with Crippen LogP contribution in [-0.4, -0.2) is 43.0 Å². The van der Waals surface area contributed by atoms with Crippen molar-refractivity contribution in [1.29, 1.82) is 0 Å². The fourth-order valence-electron chi connectivity index (χ4n) is 2.93. The van der Waals surface area contributed by atoms with Gasteiger partial charge in [0.2, 0.25) is 5.91 Å². The second-order valence-electron chi connectivity index (χ2n) is 6.08. The summed E-state index contributed by atoms with van der Waals surface area (Å²) in [5.74, 6) is -0.240. The van der Waals surface area contributed by atoms with Gasteiger partial charge in [0.25, 0.3) is 0 Å². The number of halogens is 1. The number of amides is 1. The predicted molar refractivity (Wildman–Crippen MR) is 86.1 cm³/mol. The zero-order valence-electron chi connectivity index (χ0n) is 13.6. The second-order valence-corrected chi connectivity index (χ2v) is 6.08. The molecule has 3 unspecified atom stereocenters. The van der Waals surface area contributed by atoms with Crippen molar-refractivity contribution < 1.29 is 9.18 Å². The fraction of sp³-hybridized carbons (Fsp3) is 0.588. The van der Waals surface area contributed by atoms with Crippen molar-refractivity contribution in [3.63, 3.8) is 0 Å². The number of carbonyl (C=O) groups excluding carboxylic acids is 1. The summed E-state index contributed by atoms with van der Waals surface area (Å²) in [4.78, 5) is 14.7. The van der Waals surface area contributed by atoms with Crippen molar-refractivity contribution in [2.24, 2.45) is 0 Å². The maximum absolute atomic E-state index is 13.0. The minimum absolute atomic E-state index is 0.0218. The van der Waals surface area contributed by atoms with Gasteiger partial charge in [0.05, 0.1) is 12.1 Å². The molecule has 0 spiro atoms. The van der Waals surface area contributed by atoms with E-state index in [4.69, 9.17) is 0 Å². The number of likely N-dealkylation sites (N-methyl/N-ethyl adjacent to an activating group) is 1. The van der Waals surface area contributed by atoms with Gasteiger partial charge < -0.3 is 10.6 Å². The Bertz CT molecular complexity index is 491. The molecule has 0 aromatic heterocycles. The van der Waals surface area contributed by atoms with Crippen LogP contribution in [0, 0.1) is 5.82 Å². The van der Waals surface area contributed by atoms with E-state index in [2.05, 4.69) is 15.5 Å². The zero-order valence-corrected chi connectivity index (χ0v) is 13.6. The SMILES string of the molecule is CNC1CCCN(C(C)C(=O)NC(C)c2ccc(F)cc2)C1. The molecule has 0 bridgehead atoms. The van der Waals surface area contributed by atoms with Crippen molar-refractivity contribution in [2.45, 2.75) is 44.8 Å². The average Bonchev–Trinajstić information content (AvgIpc) is 2.54. The molecule has 122 valence electrons. The van der Waals surface area contributed by atoms with E-state index in [1.165, 1.54) is 12.1 Å². The number of hydrogen-bond acceptors (Lipinski definition) is 3. The number of nitrogens with one attached hydrogen (secondary N) is 2. The predicted octanol–water partition coefficient (Wildman–Crippen LogP) is 2.08. The highest BCUT2D eigenvalue weighted by Crippen LogP contribution is 2.16. The van der Waals surface area contributed by atoms with E-state index in [0.29, 0.717) is 6.04 Å². The van der Waals surface area contributed by atoms with Gasteiger partial charge in [-0.2, -0.15) is 0 Å². The van der Waals surface area contributed by atoms with Crippen LogP contribution < -0.4 is 10.6 Å². The third-order valence-electron chi connectivity index (χ3n) is 4.52. The van der Waals surface area contributed by atoms with Crippen molar-refractivity contribution >= 4 is 5.91 Å². The van der Waals surface area contributed by atoms with Crippen LogP contribution in [0.5, 0.6) is 0 Å². The Kier molecular flexibility index (Phi) is 5.91. The van der Waals surface area contributed by atoms with E-state index in [-0.39, 0.29) is 23.8 Å². The number of benzene rings is 1. The Morgan fingerprint density at radius 1 is 1.32 bits per heavy atom. The molecule has 0 aliphatic carbocycles. The summed E-state index contributed by atoms with van der Waals surface area (Å²) in [7, 11) is 1.97. The molecule has 5 heteroatoms. The number of piperidine rings is 1. The fourth-order valence-corrected chi connectivity index (χ4v) is 2.93. The monoisotopic (exact) mass is 307 g/mol. The Labute approximate surface area is 132 Å². The number of carbonyl (C=O) groups is 1. The standard InChI is InChI=1S/C17H26FN3O/c1-12(14-6-8-15(18)9-7-14)20-17(22)13(2)21-10-4-5-16(11-21)19-3/h6-9,12-13,16,19H,4-5,10-11H2,1-3H3,(H,20,22). The molecule has 0 radical (unpaired) electrons. The second kappa shape index (κ2) is 7.70. The Morgan fingerprint density at radius 2 is 2.00 bits per heavy atom. The molecule has 2 N–H and O–H groups in total. The molecule has 1 aliphatic heterocycles. The van der Waals surface area contributed by atoms with Gasteiger partial charge in [0, 0.05) is 12.6 Å². The quantitative estimate of drug-likeness (QED) is 0.875. The van der Waals surface area contributed by atoms with Crippen molar-refractivity contribution in [2.75, 3.05) is 20.1 Å². The minimum atomic E-state index is -0.262. The molecule has 4 nitrogen and oxygen atoms in total. The van der Waals surface area contributed by atoms with Crippen LogP contribution in [0.4, 0.5) is 4.39 Å². The highest BCUT2D eigenvalue weighted by molar-refractivity contribution is 5.81. The van der Waals surface area contributed by atoms with Gasteiger partial charge in [-0.15, -0.1) is 0 Å². The summed E-state index contributed by atoms with van der Waals surface area (Å²) in [5, 5.41) is 6.31. The van der Waals surface area contributed by atoms with Gasteiger partial charge in [-0.05, 0) is 58.0 Å². The highest BCUT2D eigenvalue weighted by atomic mass is 19.1. The molecule has 1 aliphatic rings. The van der Waals surface area contributed by atoms with E-state index in [1.807, 2.05) is 20.9 Å². The maximum Gasteiger partial charge on any atom is 0.237 e. The van der Waals surface area contributed by atoms with E-state index in [0.717, 1.165) is 31.5 Å². The number of likely N-dealkylation sites (tertiary alicyclic amines) is 1. The van der Waals surface area contributed by atoms with Crippen LogP contribution in [0.25, 0.3) is 0 Å². The Balaban J connectivity index is 1.91. The van der Waals surface area contributed by atoms with E-state index < -0.39 is 0 Å². The first kappa shape index (κ1) is 16.9. The zero-order chi connectivity index (χ0) is 16.1. The van der Waals surface area contributed by atoms with Crippen molar-refractivity contribution in [1.82, 2.24) is 15.5 Å². The minimum Gasteiger partial charge on any atom is -0.348 e. The summed E-state index contributed by atoms with van der Waals surface area (Å²) < 4.78 is 13.0. The lowest BCUT2D eigenvalue weighted by Gasteiger charge is -2.36. The van der Waals surface area contributed by atoms with Crippen LogP contribution in [0.15, 0.2) is 24.3 Å². The summed E-state index contributed by atoms with van der Waals surface area (Å²) in [6.45, 7) is 5.73. The molecule has 1 heterocycles. The van der Waals surface area contributed by atoms with Crippen molar-refractivity contribution in [3.8, 4) is 0 Å². The summed E-state index contributed by atoms with van der Waals surface area (Å²) >= 11 is 0. The molecule has 3 atom stereocenters. The first-order chi connectivity index (χ1) is 10.5. The van der Waals surface area contributed by atoms with E-state index in [1.54, 1.807) is 12.1 Å². The lowest BCUT2D eigenvalue weighted by Crippen LogP contribution is -2.52. The summed E-state index contributed by atoms with van der Waals surface area (Å²) in [5.41, 5.74) is 0.911. The van der Waals surface area contributed by atoms with Crippen LogP contribution in [-0.2, 0) is 4.79 Å². The normalized spacial score (nSPS) is 22.1. The Morgan fingerprint density at radius 3 is 2.64 bits per heavy atom. The number of nitrogens with zero attached hydrogens (tertiary/aromatic N) is 1. The first-order valence-corrected chi connectivity index (χ1v) is 7.98. The summed E-state index contributed by atoms with van der Waals surface area (Å²) in [6, 6.07) is 6.44. The molecule has 22 heavy (non-hydrogen) atoms. The van der Waals surface area contributed by atoms with Gasteiger partial charge >= 0.3 is 0 Å². The van der Waals surface area contributed by atoms with Crippen molar-refractivity contribution in [3.05, 3.63) is 35.6 Å². The van der Waals surface area contributed by atoms with Gasteiger partial charge in [-0.1, -0.05) is 12.1 Å². The third kappa shape index (κ3) is 4.27. The van der Waals surface area contributed by atoms with Gasteiger partial charge in [0.15, 0.2) is 0 Å². The largest absolute Gasteiger partial charge is 0.348 e. The third-order valence-corrected chi connectivity index (χ3v) is 4.52. The van der Waals surface area contributed by atoms with Gasteiger partial charge in [-0.25, -0.2) is 4.39 Å². The van der Waals surface area contributed by atoms with Crippen LogP contribution >= 0.6 is 0 Å². The molecular formula is C17H26FN3O. The lowest BCUT2D eigenvalue weighted by atomic mass is 10.0. The van der Waals surface area contributed by atoms with E-state index in [9.17, 15) is 9.18 Å².